The topological polar surface area (TPSA) is 92.9 Å². The highest BCUT2D eigenvalue weighted by atomic mass is 16.5. The summed E-state index contributed by atoms with van der Waals surface area (Å²) < 4.78 is 5.13. The maximum absolute atomic E-state index is 5.67. The van der Waals surface area contributed by atoms with E-state index in [-0.39, 0.29) is 0 Å². The minimum atomic E-state index is 0.449. The van der Waals surface area contributed by atoms with Crippen LogP contribution in [0.1, 0.15) is 24.5 Å². The van der Waals surface area contributed by atoms with Gasteiger partial charge in [0.05, 0.1) is 12.8 Å². The maximum Gasteiger partial charge on any atom is 0.228 e. The fraction of sp³-hybridized carbons (Fsp3) is 0.462. The third kappa shape index (κ3) is 2.52. The summed E-state index contributed by atoms with van der Waals surface area (Å²) in [6, 6.07) is 3.67. The number of aromatic amines is 1. The molecule has 0 saturated carbocycles. The lowest BCUT2D eigenvalue weighted by molar-refractivity contribution is 0.395. The molecule has 1 aliphatic heterocycles. The Morgan fingerprint density at radius 3 is 2.85 bits per heavy atom. The number of nitrogen functional groups attached to an aromatic ring is 1. The molecular formula is C13H18N6O. The van der Waals surface area contributed by atoms with Gasteiger partial charge in [-0.05, 0) is 12.8 Å². The van der Waals surface area contributed by atoms with Crippen LogP contribution in [0.5, 0.6) is 5.88 Å². The SMILES string of the molecule is COc1ccnc(N2CCC(c3cc(N)[nH]n3)CC2)n1. The maximum atomic E-state index is 5.67. The standard InChI is InChI=1S/C13H18N6O/c1-20-12-2-5-15-13(16-12)19-6-3-9(4-7-19)10-8-11(14)18-17-10/h2,5,8-9H,3-4,6-7H2,1H3,(H3,14,17,18). The first kappa shape index (κ1) is 12.7. The lowest BCUT2D eigenvalue weighted by Gasteiger charge is -2.31. The number of hydrogen-bond acceptors (Lipinski definition) is 6. The molecule has 7 nitrogen and oxygen atoms in total. The first-order valence-electron chi connectivity index (χ1n) is 6.69. The number of nitrogens with two attached hydrogens (primary N) is 1. The van der Waals surface area contributed by atoms with Gasteiger partial charge in [-0.1, -0.05) is 0 Å². The molecule has 1 fully saturated rings. The van der Waals surface area contributed by atoms with Crippen molar-refractivity contribution in [2.24, 2.45) is 0 Å². The van der Waals surface area contributed by atoms with Crippen LogP contribution in [0.4, 0.5) is 11.8 Å². The van der Waals surface area contributed by atoms with Crippen molar-refractivity contribution in [2.75, 3.05) is 30.8 Å². The number of rotatable bonds is 3. The van der Waals surface area contributed by atoms with Gasteiger partial charge >= 0.3 is 0 Å². The van der Waals surface area contributed by atoms with E-state index in [0.29, 0.717) is 17.6 Å². The highest BCUT2D eigenvalue weighted by molar-refractivity contribution is 5.35. The highest BCUT2D eigenvalue weighted by Gasteiger charge is 2.24. The third-order valence-electron chi connectivity index (χ3n) is 3.64. The monoisotopic (exact) mass is 274 g/mol. The minimum absolute atomic E-state index is 0.449. The number of nitrogens with zero attached hydrogens (tertiary/aromatic N) is 4. The third-order valence-corrected chi connectivity index (χ3v) is 3.64. The average Bonchev–Trinajstić information content (AvgIpc) is 2.94. The quantitative estimate of drug-likeness (QED) is 0.873. The number of anilines is 2. The van der Waals surface area contributed by atoms with E-state index < -0.39 is 0 Å². The van der Waals surface area contributed by atoms with Crippen LogP contribution in [0.3, 0.4) is 0 Å². The molecular weight excluding hydrogens is 256 g/mol. The van der Waals surface area contributed by atoms with E-state index in [9.17, 15) is 0 Å². The summed E-state index contributed by atoms with van der Waals surface area (Å²) in [4.78, 5) is 10.8. The van der Waals surface area contributed by atoms with Gasteiger partial charge in [-0.25, -0.2) is 4.98 Å². The van der Waals surface area contributed by atoms with Gasteiger partial charge in [0.25, 0.3) is 0 Å². The molecule has 0 amide bonds. The Morgan fingerprint density at radius 2 is 2.20 bits per heavy atom. The van der Waals surface area contributed by atoms with E-state index in [1.165, 1.54) is 0 Å². The van der Waals surface area contributed by atoms with Crippen molar-refractivity contribution >= 4 is 11.8 Å². The predicted octanol–water partition coefficient (Wildman–Crippen LogP) is 1.17. The first-order chi connectivity index (χ1) is 9.76. The number of ether oxygens (including phenoxy) is 1. The zero-order valence-corrected chi connectivity index (χ0v) is 11.4. The van der Waals surface area contributed by atoms with E-state index in [1.54, 1.807) is 19.4 Å². The summed E-state index contributed by atoms with van der Waals surface area (Å²) in [5, 5.41) is 7.04. The van der Waals surface area contributed by atoms with Gasteiger partial charge in [0.1, 0.15) is 5.82 Å². The lowest BCUT2D eigenvalue weighted by Crippen LogP contribution is -2.34. The van der Waals surface area contributed by atoms with Gasteiger partial charge in [-0.3, -0.25) is 5.10 Å². The molecule has 2 aromatic heterocycles. The summed E-state index contributed by atoms with van der Waals surface area (Å²) in [5.41, 5.74) is 6.72. The molecule has 106 valence electrons. The normalized spacial score (nSPS) is 16.4. The fourth-order valence-electron chi connectivity index (χ4n) is 2.54. The Labute approximate surface area is 117 Å². The van der Waals surface area contributed by atoms with Crippen LogP contribution in [0, 0.1) is 0 Å². The van der Waals surface area contributed by atoms with E-state index in [2.05, 4.69) is 25.1 Å². The van der Waals surface area contributed by atoms with Gasteiger partial charge < -0.3 is 15.4 Å². The summed E-state index contributed by atoms with van der Waals surface area (Å²) in [7, 11) is 1.61. The van der Waals surface area contributed by atoms with Crippen molar-refractivity contribution < 1.29 is 4.74 Å². The van der Waals surface area contributed by atoms with Crippen LogP contribution in [0.2, 0.25) is 0 Å². The summed E-state index contributed by atoms with van der Waals surface area (Å²) in [5.74, 6) is 2.39. The second kappa shape index (κ2) is 5.36. The molecule has 2 aromatic rings. The second-order valence-electron chi connectivity index (χ2n) is 4.91. The number of H-pyrrole nitrogens is 1. The van der Waals surface area contributed by atoms with Gasteiger partial charge in [0.2, 0.25) is 11.8 Å². The first-order valence-corrected chi connectivity index (χ1v) is 6.69. The number of nitrogens with one attached hydrogen (secondary N) is 1. The van der Waals surface area contributed by atoms with Gasteiger partial charge in [-0.2, -0.15) is 10.1 Å². The molecule has 3 rings (SSSR count). The van der Waals surface area contributed by atoms with Crippen molar-refractivity contribution in [3.8, 4) is 5.88 Å². The van der Waals surface area contributed by atoms with Crippen molar-refractivity contribution in [1.29, 1.82) is 0 Å². The van der Waals surface area contributed by atoms with Crippen LogP contribution >= 0.6 is 0 Å². The molecule has 7 heteroatoms. The molecule has 0 unspecified atom stereocenters. The number of methoxy groups -OCH3 is 1. The Balaban J connectivity index is 1.66. The van der Waals surface area contributed by atoms with Crippen LogP contribution in [-0.4, -0.2) is 40.4 Å². The molecule has 3 N–H and O–H groups in total. The van der Waals surface area contributed by atoms with Crippen LogP contribution in [0.15, 0.2) is 18.3 Å². The zero-order chi connectivity index (χ0) is 13.9. The molecule has 3 heterocycles. The Morgan fingerprint density at radius 1 is 1.40 bits per heavy atom. The second-order valence-corrected chi connectivity index (χ2v) is 4.91. The molecule has 0 bridgehead atoms. The van der Waals surface area contributed by atoms with Crippen molar-refractivity contribution in [1.82, 2.24) is 20.2 Å². The molecule has 0 spiro atoms. The number of hydrogen-bond donors (Lipinski definition) is 2. The van der Waals surface area contributed by atoms with Gasteiger partial charge in [0, 0.05) is 37.3 Å². The predicted molar refractivity (Wildman–Crippen MR) is 75.8 cm³/mol. The van der Waals surface area contributed by atoms with Gasteiger partial charge in [0.15, 0.2) is 0 Å². The number of aromatic nitrogens is 4. The Kier molecular flexibility index (Phi) is 3.41. The lowest BCUT2D eigenvalue weighted by atomic mass is 9.94. The van der Waals surface area contributed by atoms with Crippen molar-refractivity contribution in [2.45, 2.75) is 18.8 Å². The molecule has 0 atom stereocenters. The number of piperidine rings is 1. The molecule has 1 saturated heterocycles. The van der Waals surface area contributed by atoms with Crippen molar-refractivity contribution in [3.63, 3.8) is 0 Å². The van der Waals surface area contributed by atoms with E-state index in [1.807, 2.05) is 6.07 Å². The Bertz CT molecular complexity index is 576. The van der Waals surface area contributed by atoms with Crippen LogP contribution in [-0.2, 0) is 0 Å². The van der Waals surface area contributed by atoms with E-state index in [0.717, 1.165) is 37.6 Å². The average molecular weight is 274 g/mol. The summed E-state index contributed by atoms with van der Waals surface area (Å²) >= 11 is 0. The zero-order valence-electron chi connectivity index (χ0n) is 11.4. The minimum Gasteiger partial charge on any atom is -0.481 e. The van der Waals surface area contributed by atoms with Crippen molar-refractivity contribution in [3.05, 3.63) is 24.0 Å². The smallest absolute Gasteiger partial charge is 0.228 e. The van der Waals surface area contributed by atoms with Gasteiger partial charge in [-0.15, -0.1) is 0 Å². The largest absolute Gasteiger partial charge is 0.481 e. The van der Waals surface area contributed by atoms with E-state index in [4.69, 9.17) is 10.5 Å². The fourth-order valence-corrected chi connectivity index (χ4v) is 2.54. The molecule has 0 radical (unpaired) electrons. The van der Waals surface area contributed by atoms with Crippen LogP contribution < -0.4 is 15.4 Å². The molecule has 1 aliphatic rings. The molecule has 0 aliphatic carbocycles. The molecule has 20 heavy (non-hydrogen) atoms. The molecule has 0 aromatic carbocycles. The van der Waals surface area contributed by atoms with Crippen LogP contribution in [0.25, 0.3) is 0 Å². The highest BCUT2D eigenvalue weighted by Crippen LogP contribution is 2.29. The summed E-state index contributed by atoms with van der Waals surface area (Å²) in [6.07, 6.45) is 3.76. The summed E-state index contributed by atoms with van der Waals surface area (Å²) in [6.45, 7) is 1.81. The Hall–Kier alpha value is -2.31. The van der Waals surface area contributed by atoms with E-state index >= 15 is 0 Å².